The molecule has 0 bridgehead atoms. The van der Waals surface area contributed by atoms with E-state index in [1.54, 1.807) is 17.2 Å². The Morgan fingerprint density at radius 3 is 2.56 bits per heavy atom. The molecule has 0 N–H and O–H groups in total. The maximum absolute atomic E-state index is 16.3. The molecule has 0 unspecified atom stereocenters. The Labute approximate surface area is 258 Å². The summed E-state index contributed by atoms with van der Waals surface area (Å²) >= 11 is 0. The van der Waals surface area contributed by atoms with Gasteiger partial charge in [0, 0.05) is 31.7 Å². The highest BCUT2D eigenvalue weighted by Crippen LogP contribution is 2.43. The Morgan fingerprint density at radius 1 is 1.11 bits per heavy atom. The van der Waals surface area contributed by atoms with Gasteiger partial charge in [-0.2, -0.15) is 0 Å². The molecule has 4 aromatic rings. The molecule has 1 saturated heterocycles. The maximum Gasteiger partial charge on any atom is 0.283 e. The molecule has 0 radical (unpaired) electrons. The molecule has 3 aromatic heterocycles. The summed E-state index contributed by atoms with van der Waals surface area (Å²) in [5.41, 5.74) is 1.06. The van der Waals surface area contributed by atoms with E-state index < -0.39 is 23.2 Å². The molecular weight excluding hydrogens is 582 g/mol. The van der Waals surface area contributed by atoms with Crippen LogP contribution in [0.25, 0.3) is 28.0 Å². The zero-order chi connectivity index (χ0) is 32.3. The third-order valence-corrected chi connectivity index (χ3v) is 8.51. The topological polar surface area (TPSA) is 101 Å². The number of piperazine rings is 1. The van der Waals surface area contributed by atoms with Crippen LogP contribution in [0.3, 0.4) is 0 Å². The van der Waals surface area contributed by atoms with Gasteiger partial charge in [0.2, 0.25) is 5.91 Å². The van der Waals surface area contributed by atoms with Crippen molar-refractivity contribution in [1.29, 1.82) is 0 Å². The van der Waals surface area contributed by atoms with Gasteiger partial charge in [0.05, 0.1) is 36.3 Å². The third kappa shape index (κ3) is 4.54. The van der Waals surface area contributed by atoms with Crippen molar-refractivity contribution in [3.05, 3.63) is 82.4 Å². The minimum Gasteiger partial charge on any atom is -0.496 e. The van der Waals surface area contributed by atoms with Gasteiger partial charge in [0.15, 0.2) is 11.5 Å². The Bertz CT molecular complexity index is 1970. The molecule has 0 aliphatic carbocycles. The number of methoxy groups -OCH3 is 1. The van der Waals surface area contributed by atoms with Crippen molar-refractivity contribution in [1.82, 2.24) is 19.4 Å². The highest BCUT2D eigenvalue weighted by molar-refractivity contribution is 6.12. The van der Waals surface area contributed by atoms with E-state index in [-0.39, 0.29) is 71.1 Å². The predicted molar refractivity (Wildman–Crippen MR) is 167 cm³/mol. The summed E-state index contributed by atoms with van der Waals surface area (Å²) in [4.78, 5) is 54.7. The fraction of sp³-hybridized carbons (Fsp3) is 0.303. The SMILES string of the molecule is C=CC(=O)N1CCN2c3c(c(=O)n(-c4c(C)ccnc4C(C)C)c4nc(-c5c(F)cccc5OC)c(F)cc34)N(C)C(=O)[C@H]2C1. The smallest absolute Gasteiger partial charge is 0.283 e. The quantitative estimate of drug-likeness (QED) is 0.308. The molecule has 2 amide bonds. The molecule has 232 valence electrons. The number of aryl methyl sites for hydroxylation is 1. The normalized spacial score (nSPS) is 16.2. The van der Waals surface area contributed by atoms with Crippen molar-refractivity contribution < 1.29 is 23.1 Å². The summed E-state index contributed by atoms with van der Waals surface area (Å²) < 4.78 is 38.3. The fourth-order valence-corrected chi connectivity index (χ4v) is 6.34. The number of nitrogens with zero attached hydrogens (tertiary/aromatic N) is 6. The number of anilines is 2. The van der Waals surface area contributed by atoms with Crippen molar-refractivity contribution >= 4 is 34.2 Å². The number of fused-ring (bicyclic) bond motifs is 5. The largest absolute Gasteiger partial charge is 0.496 e. The minimum absolute atomic E-state index is 0.0441. The van der Waals surface area contributed by atoms with Crippen LogP contribution in [0.1, 0.15) is 31.0 Å². The molecule has 1 aromatic carbocycles. The zero-order valence-corrected chi connectivity index (χ0v) is 25.6. The maximum atomic E-state index is 16.3. The second-order valence-electron chi connectivity index (χ2n) is 11.5. The first-order valence-electron chi connectivity index (χ1n) is 14.5. The molecule has 6 rings (SSSR count). The van der Waals surface area contributed by atoms with Crippen LogP contribution in [0, 0.1) is 18.6 Å². The lowest BCUT2D eigenvalue weighted by atomic mass is 9.99. The van der Waals surface area contributed by atoms with Crippen LogP contribution in [0.15, 0.2) is 54.0 Å². The number of pyridine rings is 3. The Morgan fingerprint density at radius 2 is 1.87 bits per heavy atom. The van der Waals surface area contributed by atoms with Gasteiger partial charge in [-0.15, -0.1) is 0 Å². The summed E-state index contributed by atoms with van der Waals surface area (Å²) in [6.07, 6.45) is 2.84. The summed E-state index contributed by atoms with van der Waals surface area (Å²) in [6.45, 7) is 9.75. The molecular formula is C33H32F2N6O4. The van der Waals surface area contributed by atoms with E-state index in [0.717, 1.165) is 0 Å². The van der Waals surface area contributed by atoms with Crippen molar-refractivity contribution in [2.75, 3.05) is 43.6 Å². The minimum atomic E-state index is -0.845. The Balaban J connectivity index is 1.75. The van der Waals surface area contributed by atoms with Crippen molar-refractivity contribution in [2.45, 2.75) is 32.7 Å². The highest BCUT2D eigenvalue weighted by atomic mass is 19.1. The van der Waals surface area contributed by atoms with Gasteiger partial charge in [-0.05, 0) is 48.7 Å². The molecule has 2 aliphatic heterocycles. The van der Waals surface area contributed by atoms with Crippen molar-refractivity contribution in [2.24, 2.45) is 0 Å². The van der Waals surface area contributed by atoms with E-state index in [0.29, 0.717) is 22.6 Å². The molecule has 2 aliphatic rings. The van der Waals surface area contributed by atoms with E-state index in [4.69, 9.17) is 4.74 Å². The Hall–Kier alpha value is -5.13. The van der Waals surface area contributed by atoms with E-state index in [9.17, 15) is 14.4 Å². The number of carbonyl (C=O) groups is 2. The van der Waals surface area contributed by atoms with Crippen LogP contribution in [0.2, 0.25) is 0 Å². The zero-order valence-electron chi connectivity index (χ0n) is 25.6. The molecule has 0 spiro atoms. The first-order valence-corrected chi connectivity index (χ1v) is 14.5. The number of aromatic nitrogens is 3. The van der Waals surface area contributed by atoms with Gasteiger partial charge >= 0.3 is 0 Å². The molecule has 12 heteroatoms. The second kappa shape index (κ2) is 11.1. The van der Waals surface area contributed by atoms with Crippen LogP contribution >= 0.6 is 0 Å². The molecule has 1 fully saturated rings. The van der Waals surface area contributed by atoms with E-state index >= 15 is 8.78 Å². The van der Waals surface area contributed by atoms with Gasteiger partial charge in [-0.1, -0.05) is 26.5 Å². The Kier molecular flexibility index (Phi) is 7.38. The number of likely N-dealkylation sites (N-methyl/N-ethyl adjacent to an activating group) is 1. The van der Waals surface area contributed by atoms with Crippen LogP contribution in [-0.4, -0.2) is 71.1 Å². The standard InChI is InChI=1S/C33H32F2N6O4/c1-7-24(42)39-13-14-40-22(16-39)32(43)38(5)30-29(40)19-15-21(35)27(25-20(34)9-8-10-23(25)45-6)37-31(19)41(33(30)44)28-18(4)11-12-36-26(28)17(2)3/h7-12,15,17,22H,1,13-14,16H2,2-6H3/t22-/m1/s1. The number of ether oxygens (including phenoxy) is 1. The first-order chi connectivity index (χ1) is 21.5. The number of hydrogen-bond donors (Lipinski definition) is 0. The number of benzene rings is 1. The summed E-state index contributed by atoms with van der Waals surface area (Å²) in [5.74, 6) is -2.35. The molecule has 45 heavy (non-hydrogen) atoms. The molecule has 1 atom stereocenters. The number of rotatable bonds is 5. The summed E-state index contributed by atoms with van der Waals surface area (Å²) in [5, 5.41) is 0.243. The van der Waals surface area contributed by atoms with Crippen LogP contribution in [0.4, 0.5) is 20.2 Å². The van der Waals surface area contributed by atoms with Gasteiger partial charge < -0.3 is 19.4 Å². The molecule has 5 heterocycles. The second-order valence-corrected chi connectivity index (χ2v) is 11.5. The number of halogens is 2. The highest BCUT2D eigenvalue weighted by Gasteiger charge is 2.44. The lowest BCUT2D eigenvalue weighted by molar-refractivity contribution is -0.128. The number of amides is 2. The predicted octanol–water partition coefficient (Wildman–Crippen LogP) is 4.35. The third-order valence-electron chi connectivity index (χ3n) is 8.51. The average Bonchev–Trinajstić information content (AvgIpc) is 3.02. The number of hydrogen-bond acceptors (Lipinski definition) is 7. The van der Waals surface area contributed by atoms with Gasteiger partial charge in [-0.3, -0.25) is 23.9 Å². The van der Waals surface area contributed by atoms with Crippen LogP contribution in [-0.2, 0) is 9.59 Å². The first kappa shape index (κ1) is 29.9. The average molecular weight is 615 g/mol. The lowest BCUT2D eigenvalue weighted by Gasteiger charge is -2.47. The van der Waals surface area contributed by atoms with Gasteiger partial charge in [0.1, 0.15) is 29.0 Å². The van der Waals surface area contributed by atoms with E-state index in [1.807, 2.05) is 20.8 Å². The van der Waals surface area contributed by atoms with Gasteiger partial charge in [0.25, 0.3) is 11.5 Å². The van der Waals surface area contributed by atoms with Crippen LogP contribution in [0.5, 0.6) is 5.75 Å². The monoisotopic (exact) mass is 614 g/mol. The summed E-state index contributed by atoms with van der Waals surface area (Å²) in [7, 11) is 2.84. The lowest BCUT2D eigenvalue weighted by Crippen LogP contribution is -2.63. The van der Waals surface area contributed by atoms with Crippen LogP contribution < -0.4 is 20.1 Å². The molecule has 10 nitrogen and oxygen atoms in total. The van der Waals surface area contributed by atoms with Crippen molar-refractivity contribution in [3.8, 4) is 22.7 Å². The van der Waals surface area contributed by atoms with E-state index in [2.05, 4.69) is 16.5 Å². The fourth-order valence-electron chi connectivity index (χ4n) is 6.34. The molecule has 0 saturated carbocycles. The van der Waals surface area contributed by atoms with Gasteiger partial charge in [-0.25, -0.2) is 13.8 Å². The van der Waals surface area contributed by atoms with E-state index in [1.165, 1.54) is 58.9 Å². The van der Waals surface area contributed by atoms with Crippen molar-refractivity contribution in [3.63, 3.8) is 0 Å². The number of carbonyl (C=O) groups excluding carboxylic acids is 2. The summed E-state index contributed by atoms with van der Waals surface area (Å²) in [6, 6.07) is 6.27.